The SMILES string of the molecule is CCOc1ccc(NC(=O)C(C)Oc2cccc(C)c2)cc1S(=O)(=O)N1CCCC1. The van der Waals surface area contributed by atoms with Crippen molar-refractivity contribution >= 4 is 21.6 Å². The third-order valence-corrected chi connectivity index (χ3v) is 6.79. The van der Waals surface area contributed by atoms with Gasteiger partial charge in [-0.3, -0.25) is 4.79 Å². The van der Waals surface area contributed by atoms with Crippen LogP contribution in [0.15, 0.2) is 47.4 Å². The van der Waals surface area contributed by atoms with Gasteiger partial charge in [0.1, 0.15) is 16.4 Å². The Hall–Kier alpha value is -2.58. The predicted molar refractivity (Wildman–Crippen MR) is 116 cm³/mol. The van der Waals surface area contributed by atoms with Gasteiger partial charge >= 0.3 is 0 Å². The summed E-state index contributed by atoms with van der Waals surface area (Å²) in [7, 11) is -3.70. The van der Waals surface area contributed by atoms with Gasteiger partial charge in [0.2, 0.25) is 10.0 Å². The lowest BCUT2D eigenvalue weighted by atomic mass is 10.2. The Morgan fingerprint density at radius 1 is 1.17 bits per heavy atom. The average molecular weight is 433 g/mol. The maximum Gasteiger partial charge on any atom is 0.265 e. The smallest absolute Gasteiger partial charge is 0.265 e. The first-order chi connectivity index (χ1) is 14.3. The number of hydrogen-bond acceptors (Lipinski definition) is 5. The molecule has 0 radical (unpaired) electrons. The minimum Gasteiger partial charge on any atom is -0.492 e. The first kappa shape index (κ1) is 22.1. The number of rotatable bonds is 8. The molecule has 8 heteroatoms. The van der Waals surface area contributed by atoms with Crippen molar-refractivity contribution in [2.45, 2.75) is 44.6 Å². The van der Waals surface area contributed by atoms with Crippen molar-refractivity contribution in [3.05, 3.63) is 48.0 Å². The van der Waals surface area contributed by atoms with Crippen LogP contribution in [0.25, 0.3) is 0 Å². The summed E-state index contributed by atoms with van der Waals surface area (Å²) >= 11 is 0. The van der Waals surface area contributed by atoms with E-state index in [0.717, 1.165) is 18.4 Å². The fourth-order valence-corrected chi connectivity index (χ4v) is 4.99. The van der Waals surface area contributed by atoms with Crippen LogP contribution in [-0.2, 0) is 14.8 Å². The fraction of sp³-hybridized carbons (Fsp3) is 0.409. The molecule has 30 heavy (non-hydrogen) atoms. The molecular weight excluding hydrogens is 404 g/mol. The van der Waals surface area contributed by atoms with Crippen molar-refractivity contribution in [1.29, 1.82) is 0 Å². The molecule has 0 aromatic heterocycles. The fourth-order valence-electron chi connectivity index (χ4n) is 3.32. The van der Waals surface area contributed by atoms with Gasteiger partial charge in [0, 0.05) is 18.8 Å². The number of aryl methyl sites for hydroxylation is 1. The Kier molecular flexibility index (Phi) is 6.99. The molecule has 1 aliphatic heterocycles. The molecule has 0 bridgehead atoms. The Morgan fingerprint density at radius 2 is 1.90 bits per heavy atom. The van der Waals surface area contributed by atoms with Crippen molar-refractivity contribution in [3.63, 3.8) is 0 Å². The molecule has 3 rings (SSSR count). The third kappa shape index (κ3) is 5.12. The highest BCUT2D eigenvalue weighted by Gasteiger charge is 2.30. The second-order valence-electron chi connectivity index (χ2n) is 7.27. The number of hydrogen-bond donors (Lipinski definition) is 1. The predicted octanol–water partition coefficient (Wildman–Crippen LogP) is 3.58. The summed E-state index contributed by atoms with van der Waals surface area (Å²) in [5.41, 5.74) is 1.41. The zero-order valence-electron chi connectivity index (χ0n) is 17.6. The molecule has 1 saturated heterocycles. The normalized spacial score (nSPS) is 15.6. The summed E-state index contributed by atoms with van der Waals surface area (Å²) in [6, 6.07) is 12.1. The van der Waals surface area contributed by atoms with E-state index in [9.17, 15) is 13.2 Å². The van der Waals surface area contributed by atoms with E-state index >= 15 is 0 Å². The molecule has 0 spiro atoms. The summed E-state index contributed by atoms with van der Waals surface area (Å²) in [5, 5.41) is 2.75. The van der Waals surface area contributed by atoms with E-state index in [2.05, 4.69) is 5.32 Å². The number of carbonyl (C=O) groups excluding carboxylic acids is 1. The summed E-state index contributed by atoms with van der Waals surface area (Å²) in [6.45, 7) is 6.72. The Morgan fingerprint density at radius 3 is 2.57 bits per heavy atom. The zero-order valence-corrected chi connectivity index (χ0v) is 18.4. The van der Waals surface area contributed by atoms with E-state index < -0.39 is 16.1 Å². The van der Waals surface area contributed by atoms with E-state index in [1.807, 2.05) is 25.1 Å². The number of sulfonamides is 1. The Labute approximate surface area is 178 Å². The lowest BCUT2D eigenvalue weighted by molar-refractivity contribution is -0.122. The highest BCUT2D eigenvalue weighted by atomic mass is 32.2. The van der Waals surface area contributed by atoms with Gasteiger partial charge in [0.25, 0.3) is 5.91 Å². The van der Waals surface area contributed by atoms with Gasteiger partial charge in [-0.15, -0.1) is 0 Å². The molecule has 1 heterocycles. The van der Waals surface area contributed by atoms with Crippen molar-refractivity contribution in [2.75, 3.05) is 25.0 Å². The number of nitrogens with zero attached hydrogens (tertiary/aromatic N) is 1. The van der Waals surface area contributed by atoms with Crippen LogP contribution in [0.5, 0.6) is 11.5 Å². The summed E-state index contributed by atoms with van der Waals surface area (Å²) in [5.74, 6) is 0.512. The molecular formula is C22H28N2O5S. The van der Waals surface area contributed by atoms with Crippen molar-refractivity contribution in [2.24, 2.45) is 0 Å². The zero-order chi connectivity index (χ0) is 21.7. The molecule has 1 N–H and O–H groups in total. The van der Waals surface area contributed by atoms with Crippen LogP contribution in [-0.4, -0.2) is 44.4 Å². The molecule has 2 aromatic carbocycles. The second-order valence-corrected chi connectivity index (χ2v) is 9.18. The molecule has 1 amide bonds. The molecule has 7 nitrogen and oxygen atoms in total. The standard InChI is InChI=1S/C22H28N2O5S/c1-4-28-20-11-10-18(15-21(20)30(26,27)24-12-5-6-13-24)23-22(25)17(3)29-19-9-7-8-16(2)14-19/h7-11,14-15,17H,4-6,12-13H2,1-3H3,(H,23,25). The lowest BCUT2D eigenvalue weighted by Crippen LogP contribution is -2.31. The van der Waals surface area contributed by atoms with Crippen LogP contribution >= 0.6 is 0 Å². The second kappa shape index (κ2) is 9.49. The summed E-state index contributed by atoms with van der Waals surface area (Å²) in [4.78, 5) is 12.7. The van der Waals surface area contributed by atoms with Crippen LogP contribution in [0, 0.1) is 6.92 Å². The van der Waals surface area contributed by atoms with E-state index in [0.29, 0.717) is 31.1 Å². The quantitative estimate of drug-likeness (QED) is 0.689. The van der Waals surface area contributed by atoms with E-state index in [-0.39, 0.29) is 16.6 Å². The average Bonchev–Trinajstić information content (AvgIpc) is 3.25. The van der Waals surface area contributed by atoms with Crippen molar-refractivity contribution in [3.8, 4) is 11.5 Å². The highest BCUT2D eigenvalue weighted by molar-refractivity contribution is 7.89. The van der Waals surface area contributed by atoms with Crippen LogP contribution in [0.3, 0.4) is 0 Å². The van der Waals surface area contributed by atoms with Gasteiger partial charge < -0.3 is 14.8 Å². The van der Waals surface area contributed by atoms with E-state index in [1.165, 1.54) is 10.4 Å². The Bertz CT molecular complexity index is 1000. The number of amides is 1. The van der Waals surface area contributed by atoms with Crippen LogP contribution < -0.4 is 14.8 Å². The number of nitrogens with one attached hydrogen (secondary N) is 1. The molecule has 1 atom stereocenters. The molecule has 162 valence electrons. The number of carbonyl (C=O) groups is 1. The van der Waals surface area contributed by atoms with E-state index in [1.54, 1.807) is 32.0 Å². The largest absolute Gasteiger partial charge is 0.492 e. The highest BCUT2D eigenvalue weighted by Crippen LogP contribution is 2.31. The van der Waals surface area contributed by atoms with Gasteiger partial charge in [-0.1, -0.05) is 12.1 Å². The van der Waals surface area contributed by atoms with Crippen molar-refractivity contribution < 1.29 is 22.7 Å². The van der Waals surface area contributed by atoms with Crippen LogP contribution in [0.4, 0.5) is 5.69 Å². The van der Waals surface area contributed by atoms with Gasteiger partial charge in [0.15, 0.2) is 6.10 Å². The topological polar surface area (TPSA) is 84.9 Å². The van der Waals surface area contributed by atoms with Crippen LogP contribution in [0.1, 0.15) is 32.3 Å². The van der Waals surface area contributed by atoms with Gasteiger partial charge in [-0.25, -0.2) is 8.42 Å². The molecule has 0 saturated carbocycles. The van der Waals surface area contributed by atoms with Crippen molar-refractivity contribution in [1.82, 2.24) is 4.31 Å². The number of ether oxygens (including phenoxy) is 2. The maximum atomic E-state index is 13.1. The van der Waals surface area contributed by atoms with Gasteiger partial charge in [-0.2, -0.15) is 4.31 Å². The molecule has 1 aliphatic rings. The first-order valence-corrected chi connectivity index (χ1v) is 11.6. The summed E-state index contributed by atoms with van der Waals surface area (Å²) in [6.07, 6.45) is 0.929. The lowest BCUT2D eigenvalue weighted by Gasteiger charge is -2.20. The first-order valence-electron chi connectivity index (χ1n) is 10.1. The van der Waals surface area contributed by atoms with Gasteiger partial charge in [0.05, 0.1) is 6.61 Å². The third-order valence-electron chi connectivity index (χ3n) is 4.87. The van der Waals surface area contributed by atoms with Crippen LogP contribution in [0.2, 0.25) is 0 Å². The molecule has 2 aromatic rings. The summed E-state index contributed by atoms with van der Waals surface area (Å²) < 4.78 is 38.9. The number of benzene rings is 2. The minimum atomic E-state index is -3.70. The Balaban J connectivity index is 1.79. The molecule has 1 unspecified atom stereocenters. The maximum absolute atomic E-state index is 13.1. The van der Waals surface area contributed by atoms with E-state index in [4.69, 9.17) is 9.47 Å². The molecule has 1 fully saturated rings. The number of anilines is 1. The molecule has 0 aliphatic carbocycles. The minimum absolute atomic E-state index is 0.0660. The van der Waals surface area contributed by atoms with Gasteiger partial charge in [-0.05, 0) is 69.5 Å². The monoisotopic (exact) mass is 432 g/mol.